The number of anilines is 1. The van der Waals surface area contributed by atoms with E-state index in [0.29, 0.717) is 12.7 Å². The van der Waals surface area contributed by atoms with Gasteiger partial charge in [0.15, 0.2) is 0 Å². The summed E-state index contributed by atoms with van der Waals surface area (Å²) in [6.07, 6.45) is 4.46. The summed E-state index contributed by atoms with van der Waals surface area (Å²) < 4.78 is 12.0. The van der Waals surface area contributed by atoms with Crippen LogP contribution in [0.15, 0.2) is 24.3 Å². The third kappa shape index (κ3) is 4.62. The molecule has 0 bridgehead atoms. The van der Waals surface area contributed by atoms with E-state index in [1.807, 2.05) is 19.1 Å². The molecule has 0 radical (unpaired) electrons. The van der Waals surface area contributed by atoms with Gasteiger partial charge in [0.2, 0.25) is 0 Å². The second-order valence-electron chi connectivity index (χ2n) is 7.77. The average Bonchev–Trinajstić information content (AvgIpc) is 2.88. The minimum Gasteiger partial charge on any atom is -0.487 e. The molecular formula is C22H30N4O2. The molecule has 2 aliphatic rings. The number of nitrogens with zero attached hydrogens (tertiary/aromatic N) is 3. The molecule has 150 valence electrons. The quantitative estimate of drug-likeness (QED) is 0.775. The number of aryl methyl sites for hydroxylation is 1. The minimum atomic E-state index is 0.419. The van der Waals surface area contributed by atoms with Crippen molar-refractivity contribution in [3.05, 3.63) is 46.9 Å². The number of benzene rings is 1. The number of nitrogens with one attached hydrogen (secondary N) is 1. The van der Waals surface area contributed by atoms with Gasteiger partial charge in [-0.2, -0.15) is 0 Å². The Morgan fingerprint density at radius 3 is 2.89 bits per heavy atom. The van der Waals surface area contributed by atoms with E-state index in [-0.39, 0.29) is 0 Å². The molecule has 3 heterocycles. The highest BCUT2D eigenvalue weighted by Gasteiger charge is 2.20. The maximum atomic E-state index is 6.05. The number of piperidine rings is 1. The first-order valence-corrected chi connectivity index (χ1v) is 10.3. The zero-order valence-corrected chi connectivity index (χ0v) is 16.9. The molecule has 28 heavy (non-hydrogen) atoms. The number of para-hydroxylation sites is 1. The monoisotopic (exact) mass is 382 g/mol. The van der Waals surface area contributed by atoms with Crippen LogP contribution in [0.1, 0.15) is 41.9 Å². The van der Waals surface area contributed by atoms with Gasteiger partial charge in [0.25, 0.3) is 0 Å². The Hall–Kier alpha value is -2.18. The van der Waals surface area contributed by atoms with Crippen molar-refractivity contribution in [2.75, 3.05) is 38.6 Å². The first kappa shape index (κ1) is 19.2. The van der Waals surface area contributed by atoms with Gasteiger partial charge in [0, 0.05) is 38.2 Å². The minimum absolute atomic E-state index is 0.419. The SMILES string of the molecule is Cc1nc2c(c(NCCCOC3CCN(C)CC3)n1)Cc1ccccc1OC2. The molecule has 1 fully saturated rings. The first-order chi connectivity index (χ1) is 13.7. The molecule has 0 spiro atoms. The molecule has 2 aliphatic heterocycles. The molecule has 0 unspecified atom stereocenters. The molecule has 0 amide bonds. The van der Waals surface area contributed by atoms with Crippen LogP contribution in [0.25, 0.3) is 0 Å². The number of hydrogen-bond acceptors (Lipinski definition) is 6. The highest BCUT2D eigenvalue weighted by atomic mass is 16.5. The van der Waals surface area contributed by atoms with Gasteiger partial charge in [-0.1, -0.05) is 18.2 Å². The Morgan fingerprint density at radius 1 is 1.21 bits per heavy atom. The molecule has 0 saturated carbocycles. The highest BCUT2D eigenvalue weighted by Crippen LogP contribution is 2.30. The lowest BCUT2D eigenvalue weighted by atomic mass is 10.0. The fraction of sp³-hybridized carbons (Fsp3) is 0.545. The van der Waals surface area contributed by atoms with E-state index >= 15 is 0 Å². The number of fused-ring (bicyclic) bond motifs is 2. The van der Waals surface area contributed by atoms with Gasteiger partial charge < -0.3 is 19.7 Å². The summed E-state index contributed by atoms with van der Waals surface area (Å²) in [5, 5.41) is 3.52. The maximum Gasteiger partial charge on any atom is 0.133 e. The van der Waals surface area contributed by atoms with E-state index in [1.54, 1.807) is 0 Å². The Bertz CT molecular complexity index is 803. The highest BCUT2D eigenvalue weighted by molar-refractivity contribution is 5.52. The van der Waals surface area contributed by atoms with Crippen LogP contribution in [0.2, 0.25) is 0 Å². The van der Waals surface area contributed by atoms with E-state index in [1.165, 1.54) is 5.56 Å². The van der Waals surface area contributed by atoms with E-state index in [4.69, 9.17) is 9.47 Å². The van der Waals surface area contributed by atoms with Gasteiger partial charge in [-0.3, -0.25) is 0 Å². The van der Waals surface area contributed by atoms with E-state index in [0.717, 1.165) is 80.6 Å². The van der Waals surface area contributed by atoms with E-state index in [2.05, 4.69) is 39.4 Å². The van der Waals surface area contributed by atoms with Gasteiger partial charge >= 0.3 is 0 Å². The normalized spacial score (nSPS) is 17.4. The van der Waals surface area contributed by atoms with E-state index < -0.39 is 0 Å². The maximum absolute atomic E-state index is 6.05. The van der Waals surface area contributed by atoms with Gasteiger partial charge in [0.1, 0.15) is 24.0 Å². The second-order valence-corrected chi connectivity index (χ2v) is 7.77. The number of rotatable bonds is 6. The van der Waals surface area contributed by atoms with Crippen molar-refractivity contribution >= 4 is 5.82 Å². The molecule has 2 aromatic rings. The summed E-state index contributed by atoms with van der Waals surface area (Å²) in [6.45, 7) is 6.34. The fourth-order valence-corrected chi connectivity index (χ4v) is 3.91. The van der Waals surface area contributed by atoms with Gasteiger partial charge in [-0.05, 0) is 44.9 Å². The van der Waals surface area contributed by atoms with Crippen molar-refractivity contribution in [1.82, 2.24) is 14.9 Å². The van der Waals surface area contributed by atoms with Crippen molar-refractivity contribution in [2.45, 2.75) is 45.3 Å². The van der Waals surface area contributed by atoms with Crippen LogP contribution in [0.4, 0.5) is 5.82 Å². The van der Waals surface area contributed by atoms with Crippen LogP contribution in [-0.4, -0.2) is 54.3 Å². The lowest BCUT2D eigenvalue weighted by Gasteiger charge is -2.28. The predicted molar refractivity (Wildman–Crippen MR) is 110 cm³/mol. The zero-order chi connectivity index (χ0) is 19.3. The Balaban J connectivity index is 1.34. The lowest BCUT2D eigenvalue weighted by Crippen LogP contribution is -2.34. The number of likely N-dealkylation sites (tertiary alicyclic amines) is 1. The van der Waals surface area contributed by atoms with Crippen LogP contribution < -0.4 is 10.1 Å². The number of hydrogen-bond donors (Lipinski definition) is 1. The van der Waals surface area contributed by atoms with Crippen LogP contribution in [-0.2, 0) is 17.8 Å². The third-order valence-corrected chi connectivity index (χ3v) is 5.54. The number of aromatic nitrogens is 2. The molecule has 6 nitrogen and oxygen atoms in total. The molecular weight excluding hydrogens is 352 g/mol. The molecule has 4 rings (SSSR count). The molecule has 6 heteroatoms. The van der Waals surface area contributed by atoms with Crippen molar-refractivity contribution < 1.29 is 9.47 Å². The Kier molecular flexibility index (Phi) is 6.07. The van der Waals surface area contributed by atoms with Crippen LogP contribution in [0, 0.1) is 6.92 Å². The average molecular weight is 383 g/mol. The predicted octanol–water partition coefficient (Wildman–Crippen LogP) is 3.18. The Morgan fingerprint density at radius 2 is 2.04 bits per heavy atom. The third-order valence-electron chi connectivity index (χ3n) is 5.54. The van der Waals surface area contributed by atoms with Crippen LogP contribution in [0.5, 0.6) is 5.75 Å². The van der Waals surface area contributed by atoms with Gasteiger partial charge in [-0.15, -0.1) is 0 Å². The smallest absolute Gasteiger partial charge is 0.133 e. The first-order valence-electron chi connectivity index (χ1n) is 10.3. The van der Waals surface area contributed by atoms with Crippen molar-refractivity contribution in [3.8, 4) is 5.75 Å². The molecule has 0 aliphatic carbocycles. The van der Waals surface area contributed by atoms with Crippen molar-refractivity contribution in [3.63, 3.8) is 0 Å². The zero-order valence-electron chi connectivity index (χ0n) is 16.9. The summed E-state index contributed by atoms with van der Waals surface area (Å²) in [5.74, 6) is 2.65. The molecule has 0 atom stereocenters. The second kappa shape index (κ2) is 8.88. The summed E-state index contributed by atoms with van der Waals surface area (Å²) in [6, 6.07) is 8.20. The fourth-order valence-electron chi connectivity index (χ4n) is 3.91. The topological polar surface area (TPSA) is 59.5 Å². The van der Waals surface area contributed by atoms with E-state index in [9.17, 15) is 0 Å². The van der Waals surface area contributed by atoms with Crippen molar-refractivity contribution in [2.24, 2.45) is 0 Å². The summed E-state index contributed by atoms with van der Waals surface area (Å²) in [4.78, 5) is 11.7. The molecule has 1 saturated heterocycles. The van der Waals surface area contributed by atoms with Crippen LogP contribution in [0.3, 0.4) is 0 Å². The summed E-state index contributed by atoms with van der Waals surface area (Å²) in [7, 11) is 2.18. The summed E-state index contributed by atoms with van der Waals surface area (Å²) in [5.41, 5.74) is 3.31. The van der Waals surface area contributed by atoms with Crippen LogP contribution >= 0.6 is 0 Å². The lowest BCUT2D eigenvalue weighted by molar-refractivity contribution is 0.0125. The van der Waals surface area contributed by atoms with Crippen molar-refractivity contribution in [1.29, 1.82) is 0 Å². The van der Waals surface area contributed by atoms with Gasteiger partial charge in [0.05, 0.1) is 11.8 Å². The standard InChI is InChI=1S/C22H30N4O2/c1-16-24-20-15-28-21-7-4-3-6-17(21)14-19(20)22(25-16)23-10-5-13-27-18-8-11-26(2)12-9-18/h3-4,6-7,18H,5,8-15H2,1-2H3,(H,23,24,25). The summed E-state index contributed by atoms with van der Waals surface area (Å²) >= 11 is 0. The molecule has 1 N–H and O–H groups in total. The van der Waals surface area contributed by atoms with Gasteiger partial charge in [-0.25, -0.2) is 9.97 Å². The Labute approximate surface area is 167 Å². The largest absolute Gasteiger partial charge is 0.487 e. The number of ether oxygens (including phenoxy) is 2. The molecule has 1 aromatic carbocycles. The molecule has 1 aromatic heterocycles.